The molecule has 0 fully saturated rings. The van der Waals surface area contributed by atoms with E-state index in [-0.39, 0.29) is 0 Å². The summed E-state index contributed by atoms with van der Waals surface area (Å²) in [4.78, 5) is 8.62. The molecular weight excluding hydrogens is 189 g/mol. The molecule has 0 spiro atoms. The molecule has 0 aliphatic carbocycles. The third kappa shape index (κ3) is 10.2. The van der Waals surface area contributed by atoms with Crippen LogP contribution < -0.4 is 5.50 Å². The van der Waals surface area contributed by atoms with Gasteiger partial charge in [0.15, 0.2) is 6.29 Å². The summed E-state index contributed by atoms with van der Waals surface area (Å²) in [7, 11) is -1.92. The maximum atomic E-state index is 9.13. The van der Waals surface area contributed by atoms with Gasteiger partial charge in [-0.1, -0.05) is 32.6 Å². The van der Waals surface area contributed by atoms with Crippen molar-refractivity contribution >= 4 is 8.53 Å². The summed E-state index contributed by atoms with van der Waals surface area (Å²) in [5.41, 5.74) is 4.98. The monoisotopic (exact) mass is 209 g/mol. The Morgan fingerprint density at radius 2 is 1.92 bits per heavy atom. The van der Waals surface area contributed by atoms with Crippen LogP contribution in [0.4, 0.5) is 0 Å². The van der Waals surface area contributed by atoms with Crippen LogP contribution in [0, 0.1) is 0 Å². The van der Waals surface area contributed by atoms with Crippen LogP contribution in [-0.4, -0.2) is 16.3 Å². The molecule has 4 N–H and O–H groups in total. The first kappa shape index (κ1) is 13.3. The first-order chi connectivity index (χ1) is 6.16. The summed E-state index contributed by atoms with van der Waals surface area (Å²) in [6.07, 6.45) is 5.32. The first-order valence-corrected chi connectivity index (χ1v) is 6.03. The molecule has 0 radical (unpaired) electrons. The van der Waals surface area contributed by atoms with Gasteiger partial charge in [0.1, 0.15) is 0 Å². The standard InChI is InChI=1S/C8H20NO3P/c1-2-3-4-5-6-7-8(10)12-13(9)11/h8,10-11H,2-7,9H2,1H3. The number of hydrogen-bond donors (Lipinski definition) is 3. The van der Waals surface area contributed by atoms with Crippen molar-refractivity contribution in [3.8, 4) is 0 Å². The summed E-state index contributed by atoms with van der Waals surface area (Å²) >= 11 is 0. The molecule has 2 atom stereocenters. The Bertz CT molecular complexity index is 114. The molecule has 0 aliphatic heterocycles. The van der Waals surface area contributed by atoms with E-state index in [1.54, 1.807) is 0 Å². The van der Waals surface area contributed by atoms with Gasteiger partial charge in [-0.05, 0) is 12.8 Å². The lowest BCUT2D eigenvalue weighted by molar-refractivity contribution is -0.0229. The van der Waals surface area contributed by atoms with Crippen molar-refractivity contribution in [2.75, 3.05) is 0 Å². The second-order valence-electron chi connectivity index (χ2n) is 3.07. The Kier molecular flexibility index (Phi) is 9.03. The quantitative estimate of drug-likeness (QED) is 0.324. The fraction of sp³-hybridized carbons (Fsp3) is 1.00. The number of aliphatic hydroxyl groups is 1. The molecule has 0 bridgehead atoms. The summed E-state index contributed by atoms with van der Waals surface area (Å²) in [6, 6.07) is 0. The molecule has 0 saturated carbocycles. The van der Waals surface area contributed by atoms with E-state index in [2.05, 4.69) is 11.4 Å². The minimum atomic E-state index is -1.92. The highest BCUT2D eigenvalue weighted by Crippen LogP contribution is 2.23. The average molecular weight is 209 g/mol. The summed E-state index contributed by atoms with van der Waals surface area (Å²) in [5.74, 6) is 0. The zero-order valence-corrected chi connectivity index (χ0v) is 9.04. The topological polar surface area (TPSA) is 75.7 Å². The van der Waals surface area contributed by atoms with Gasteiger partial charge >= 0.3 is 0 Å². The van der Waals surface area contributed by atoms with Crippen LogP contribution in [-0.2, 0) is 4.52 Å². The largest absolute Gasteiger partial charge is 0.368 e. The van der Waals surface area contributed by atoms with E-state index in [1.807, 2.05) is 0 Å². The van der Waals surface area contributed by atoms with Gasteiger partial charge in [-0.2, -0.15) is 0 Å². The van der Waals surface area contributed by atoms with Crippen LogP contribution in [0.3, 0.4) is 0 Å². The fourth-order valence-corrected chi connectivity index (χ4v) is 1.45. The van der Waals surface area contributed by atoms with Crippen LogP contribution in [0.2, 0.25) is 0 Å². The number of rotatable bonds is 8. The van der Waals surface area contributed by atoms with Gasteiger partial charge in [0.2, 0.25) is 0 Å². The van der Waals surface area contributed by atoms with E-state index >= 15 is 0 Å². The van der Waals surface area contributed by atoms with E-state index in [4.69, 9.17) is 15.5 Å². The Hall–Kier alpha value is 0.270. The second kappa shape index (κ2) is 8.85. The molecular formula is C8H20NO3P. The van der Waals surface area contributed by atoms with E-state index in [0.29, 0.717) is 6.42 Å². The van der Waals surface area contributed by atoms with Gasteiger partial charge in [-0.15, -0.1) is 0 Å². The Morgan fingerprint density at radius 1 is 1.31 bits per heavy atom. The zero-order chi connectivity index (χ0) is 10.1. The minimum Gasteiger partial charge on any atom is -0.368 e. The van der Waals surface area contributed by atoms with Crippen LogP contribution in [0.1, 0.15) is 45.4 Å². The number of hydrogen-bond acceptors (Lipinski definition) is 4. The predicted molar refractivity (Wildman–Crippen MR) is 53.8 cm³/mol. The van der Waals surface area contributed by atoms with Gasteiger partial charge in [-0.25, -0.2) is 0 Å². The molecule has 0 aromatic rings. The highest BCUT2D eigenvalue weighted by atomic mass is 31.2. The SMILES string of the molecule is CCCCCCCC(O)OP(N)O. The lowest BCUT2D eigenvalue weighted by atomic mass is 10.1. The second-order valence-corrected chi connectivity index (χ2v) is 3.88. The third-order valence-corrected chi connectivity index (χ3v) is 2.24. The molecule has 0 rings (SSSR count). The molecule has 0 saturated heterocycles. The summed E-state index contributed by atoms with van der Waals surface area (Å²) < 4.78 is 4.61. The lowest BCUT2D eigenvalue weighted by Gasteiger charge is -2.11. The molecule has 2 unspecified atom stereocenters. The molecule has 0 aromatic heterocycles. The van der Waals surface area contributed by atoms with Crippen LogP contribution in [0.5, 0.6) is 0 Å². The molecule has 0 aliphatic rings. The fourth-order valence-electron chi connectivity index (χ4n) is 1.10. The minimum absolute atomic E-state index is 0.556. The predicted octanol–water partition coefficient (Wildman–Crippen LogP) is 1.86. The van der Waals surface area contributed by atoms with Crippen LogP contribution in [0.15, 0.2) is 0 Å². The van der Waals surface area contributed by atoms with Gasteiger partial charge in [0, 0.05) is 0 Å². The Labute approximate surface area is 81.1 Å². The van der Waals surface area contributed by atoms with Crippen molar-refractivity contribution in [2.45, 2.75) is 51.7 Å². The Balaban J connectivity index is 3.12. The zero-order valence-electron chi connectivity index (χ0n) is 8.15. The van der Waals surface area contributed by atoms with Crippen molar-refractivity contribution in [1.29, 1.82) is 0 Å². The van der Waals surface area contributed by atoms with Crippen LogP contribution in [0.25, 0.3) is 0 Å². The number of unbranched alkanes of at least 4 members (excludes halogenated alkanes) is 4. The number of nitrogens with two attached hydrogens (primary N) is 1. The molecule has 0 aromatic carbocycles. The Morgan fingerprint density at radius 3 is 2.46 bits per heavy atom. The third-order valence-electron chi connectivity index (χ3n) is 1.78. The van der Waals surface area contributed by atoms with E-state index in [0.717, 1.165) is 12.8 Å². The molecule has 4 nitrogen and oxygen atoms in total. The van der Waals surface area contributed by atoms with Crippen LogP contribution >= 0.6 is 8.53 Å². The van der Waals surface area contributed by atoms with Crippen molar-refractivity contribution < 1.29 is 14.5 Å². The molecule has 0 amide bonds. The van der Waals surface area contributed by atoms with Crippen molar-refractivity contribution in [2.24, 2.45) is 5.50 Å². The highest BCUT2D eigenvalue weighted by molar-refractivity contribution is 7.43. The molecule has 13 heavy (non-hydrogen) atoms. The average Bonchev–Trinajstić information content (AvgIpc) is 2.02. The van der Waals surface area contributed by atoms with Crippen molar-refractivity contribution in [1.82, 2.24) is 0 Å². The molecule has 80 valence electrons. The molecule has 0 heterocycles. The van der Waals surface area contributed by atoms with Crippen molar-refractivity contribution in [3.63, 3.8) is 0 Å². The highest BCUT2D eigenvalue weighted by Gasteiger charge is 2.07. The number of aliphatic hydroxyl groups excluding tert-OH is 1. The van der Waals surface area contributed by atoms with Gasteiger partial charge < -0.3 is 10.00 Å². The normalized spacial score (nSPS) is 15.7. The van der Waals surface area contributed by atoms with Gasteiger partial charge in [-0.3, -0.25) is 10.0 Å². The van der Waals surface area contributed by atoms with Crippen molar-refractivity contribution in [3.05, 3.63) is 0 Å². The summed E-state index contributed by atoms with van der Waals surface area (Å²) in [6.45, 7) is 2.16. The van der Waals surface area contributed by atoms with E-state index in [9.17, 15) is 0 Å². The van der Waals surface area contributed by atoms with E-state index in [1.165, 1.54) is 19.3 Å². The van der Waals surface area contributed by atoms with Gasteiger partial charge in [0.05, 0.1) is 0 Å². The lowest BCUT2D eigenvalue weighted by Crippen LogP contribution is -2.10. The smallest absolute Gasteiger partial charge is 0.252 e. The van der Waals surface area contributed by atoms with Gasteiger partial charge in [0.25, 0.3) is 8.53 Å². The maximum absolute atomic E-state index is 9.13. The maximum Gasteiger partial charge on any atom is 0.252 e. The summed E-state index contributed by atoms with van der Waals surface area (Å²) in [5, 5.41) is 9.13. The van der Waals surface area contributed by atoms with E-state index < -0.39 is 14.8 Å². The molecule has 5 heteroatoms. The first-order valence-electron chi connectivity index (χ1n) is 4.75.